The summed E-state index contributed by atoms with van der Waals surface area (Å²) in [6.45, 7) is 0. The Balaban J connectivity index is 0.946. The first-order valence-electron chi connectivity index (χ1n) is 16.9. The molecule has 7 aromatic carbocycles. The molecule has 0 radical (unpaired) electrons. The van der Waals surface area contributed by atoms with Gasteiger partial charge < -0.3 is 14.7 Å². The molecule has 1 aromatic heterocycles. The van der Waals surface area contributed by atoms with Gasteiger partial charge in [-0.15, -0.1) is 5.10 Å². The van der Waals surface area contributed by atoms with Gasteiger partial charge in [0, 0.05) is 32.4 Å². The molecule has 242 valence electrons. The van der Waals surface area contributed by atoms with Crippen LogP contribution < -0.4 is 14.7 Å². The van der Waals surface area contributed by atoms with Gasteiger partial charge in [-0.2, -0.15) is 0 Å². The van der Waals surface area contributed by atoms with Crippen molar-refractivity contribution in [3.05, 3.63) is 182 Å². The highest BCUT2D eigenvalue weighted by Gasteiger charge is 2.30. The van der Waals surface area contributed by atoms with Crippen LogP contribution in [0.5, 0.6) is 0 Å². The summed E-state index contributed by atoms with van der Waals surface area (Å²) in [6.07, 6.45) is 2.00. The van der Waals surface area contributed by atoms with Crippen LogP contribution in [0.25, 0.3) is 16.9 Å². The zero-order chi connectivity index (χ0) is 33.7. The van der Waals surface area contributed by atoms with Gasteiger partial charge in [-0.3, -0.25) is 0 Å². The molecule has 3 heterocycles. The summed E-state index contributed by atoms with van der Waals surface area (Å²) in [5.41, 5.74) is 13.0. The zero-order valence-corrected chi connectivity index (χ0v) is 28.2. The lowest BCUT2D eigenvalue weighted by Gasteiger charge is -2.40. The Morgan fingerprint density at radius 2 is 0.745 bits per heavy atom. The molecule has 0 bridgehead atoms. The molecule has 51 heavy (non-hydrogen) atoms. The molecule has 0 aliphatic carbocycles. The zero-order valence-electron chi connectivity index (χ0n) is 27.4. The standard InChI is InChI=1S/C44H30N6S/c1-2-12-33(13-3-1)48-37-14-4-6-16-39(37)49(40-17-7-5-15-38(40)48)34-24-22-31(23-25-34)36-30-47(46-45-36)32-26-28-35(29-27-32)50-41-18-8-10-20-43(41)51-44-21-11-9-19-42(44)50/h1-30H. The SMILES string of the molecule is c1ccc(N2c3ccccc3N(c3ccc(-c4cn(-c5ccc(N6c7ccccc7Sc7ccccc76)cc5)nn4)cc3)c3ccccc32)cc1. The Morgan fingerprint density at radius 3 is 1.27 bits per heavy atom. The van der Waals surface area contributed by atoms with Gasteiger partial charge in [-0.1, -0.05) is 95.8 Å². The summed E-state index contributed by atoms with van der Waals surface area (Å²) < 4.78 is 1.84. The highest BCUT2D eigenvalue weighted by molar-refractivity contribution is 7.99. The van der Waals surface area contributed by atoms with Crippen molar-refractivity contribution in [1.29, 1.82) is 0 Å². The van der Waals surface area contributed by atoms with Gasteiger partial charge in [0.2, 0.25) is 0 Å². The van der Waals surface area contributed by atoms with E-state index in [4.69, 9.17) is 0 Å². The molecule has 0 unspecified atom stereocenters. The molecule has 0 spiro atoms. The topological polar surface area (TPSA) is 40.4 Å². The Labute approximate surface area is 300 Å². The minimum Gasteiger partial charge on any atom is -0.308 e. The summed E-state index contributed by atoms with van der Waals surface area (Å²) in [4.78, 5) is 9.50. The van der Waals surface area contributed by atoms with Crippen molar-refractivity contribution in [2.45, 2.75) is 9.79 Å². The van der Waals surface area contributed by atoms with Gasteiger partial charge in [0.25, 0.3) is 0 Å². The third kappa shape index (κ3) is 4.97. The van der Waals surface area contributed by atoms with Crippen molar-refractivity contribution in [2.24, 2.45) is 0 Å². The second kappa shape index (κ2) is 12.1. The van der Waals surface area contributed by atoms with Crippen LogP contribution in [0.15, 0.2) is 192 Å². The van der Waals surface area contributed by atoms with E-state index < -0.39 is 0 Å². The maximum absolute atomic E-state index is 4.57. The van der Waals surface area contributed by atoms with Crippen LogP contribution in [0.4, 0.5) is 51.2 Å². The average Bonchev–Trinajstić information content (AvgIpc) is 3.70. The number of hydrogen-bond acceptors (Lipinski definition) is 6. The number of fused-ring (bicyclic) bond motifs is 4. The van der Waals surface area contributed by atoms with Gasteiger partial charge in [0.15, 0.2) is 0 Å². The number of para-hydroxylation sites is 7. The van der Waals surface area contributed by atoms with Gasteiger partial charge in [0.05, 0.1) is 46.0 Å². The minimum absolute atomic E-state index is 0.816. The smallest absolute Gasteiger partial charge is 0.113 e. The monoisotopic (exact) mass is 674 g/mol. The van der Waals surface area contributed by atoms with E-state index >= 15 is 0 Å². The third-order valence-electron chi connectivity index (χ3n) is 9.46. The first-order chi connectivity index (χ1) is 25.3. The summed E-state index contributed by atoms with van der Waals surface area (Å²) in [7, 11) is 0. The van der Waals surface area contributed by atoms with Crippen molar-refractivity contribution in [3.63, 3.8) is 0 Å². The van der Waals surface area contributed by atoms with Crippen molar-refractivity contribution >= 4 is 62.9 Å². The summed E-state index contributed by atoms with van der Waals surface area (Å²) in [6, 6.07) is 62.0. The maximum atomic E-state index is 4.57. The van der Waals surface area contributed by atoms with E-state index in [1.54, 1.807) is 0 Å². The lowest BCUT2D eigenvalue weighted by molar-refractivity contribution is 0.804. The quantitative estimate of drug-likeness (QED) is 0.181. The molecule has 2 aliphatic rings. The molecule has 7 heteroatoms. The molecule has 0 fully saturated rings. The van der Waals surface area contributed by atoms with Gasteiger partial charge in [0.1, 0.15) is 5.69 Å². The Hall–Kier alpha value is -6.57. The molecule has 0 N–H and O–H groups in total. The lowest BCUT2D eigenvalue weighted by Crippen LogP contribution is -2.23. The second-order valence-electron chi connectivity index (χ2n) is 12.5. The number of nitrogens with zero attached hydrogens (tertiary/aromatic N) is 6. The fraction of sp³-hybridized carbons (Fsp3) is 0. The average molecular weight is 675 g/mol. The van der Waals surface area contributed by atoms with Crippen molar-refractivity contribution in [1.82, 2.24) is 15.0 Å². The second-order valence-corrected chi connectivity index (χ2v) is 13.6. The van der Waals surface area contributed by atoms with Crippen molar-refractivity contribution < 1.29 is 0 Å². The molecule has 0 atom stereocenters. The van der Waals surface area contributed by atoms with E-state index in [2.05, 4.69) is 201 Å². The summed E-state index contributed by atoms with van der Waals surface area (Å²) in [5, 5.41) is 9.09. The van der Waals surface area contributed by atoms with Crippen molar-refractivity contribution in [3.8, 4) is 16.9 Å². The Bertz CT molecular complexity index is 2430. The molecular formula is C44H30N6S. The van der Waals surface area contributed by atoms with Crippen LogP contribution in [-0.2, 0) is 0 Å². The fourth-order valence-electron chi connectivity index (χ4n) is 7.12. The lowest BCUT2D eigenvalue weighted by atomic mass is 10.0. The minimum atomic E-state index is 0.816. The molecule has 0 saturated carbocycles. The highest BCUT2D eigenvalue weighted by Crippen LogP contribution is 2.54. The first kappa shape index (κ1) is 29.4. The largest absolute Gasteiger partial charge is 0.308 e. The maximum Gasteiger partial charge on any atom is 0.113 e. The molecule has 8 aromatic rings. The van der Waals surface area contributed by atoms with Crippen LogP contribution in [-0.4, -0.2) is 15.0 Å². The van der Waals surface area contributed by atoms with E-state index in [-0.39, 0.29) is 0 Å². The predicted octanol–water partition coefficient (Wildman–Crippen LogP) is 12.1. The number of rotatable bonds is 5. The number of benzene rings is 7. The molecule has 0 amide bonds. The van der Waals surface area contributed by atoms with E-state index in [9.17, 15) is 0 Å². The summed E-state index contributed by atoms with van der Waals surface area (Å²) >= 11 is 1.82. The van der Waals surface area contributed by atoms with Crippen molar-refractivity contribution in [2.75, 3.05) is 14.7 Å². The fourth-order valence-corrected chi connectivity index (χ4v) is 8.18. The number of aromatic nitrogens is 3. The summed E-state index contributed by atoms with van der Waals surface area (Å²) in [5.74, 6) is 0. The van der Waals surface area contributed by atoms with E-state index in [0.717, 1.165) is 56.8 Å². The van der Waals surface area contributed by atoms with Gasteiger partial charge in [-0.05, 0) is 97.1 Å². The molecule has 10 rings (SSSR count). The van der Waals surface area contributed by atoms with Gasteiger partial charge >= 0.3 is 0 Å². The van der Waals surface area contributed by atoms with E-state index in [0.29, 0.717) is 0 Å². The number of anilines is 9. The van der Waals surface area contributed by atoms with Crippen LogP contribution in [0, 0.1) is 0 Å². The molecular weight excluding hydrogens is 645 g/mol. The Morgan fingerprint density at radius 1 is 0.353 bits per heavy atom. The van der Waals surface area contributed by atoms with Crippen LogP contribution >= 0.6 is 11.8 Å². The highest BCUT2D eigenvalue weighted by atomic mass is 32.2. The molecule has 0 saturated heterocycles. The van der Waals surface area contributed by atoms with E-state index in [1.807, 2.05) is 22.6 Å². The molecule has 6 nitrogen and oxygen atoms in total. The number of hydrogen-bond donors (Lipinski definition) is 0. The van der Waals surface area contributed by atoms with Crippen LogP contribution in [0.1, 0.15) is 0 Å². The normalized spacial score (nSPS) is 12.9. The predicted molar refractivity (Wildman–Crippen MR) is 209 cm³/mol. The Kier molecular flexibility index (Phi) is 6.96. The van der Waals surface area contributed by atoms with Crippen LogP contribution in [0.3, 0.4) is 0 Å². The first-order valence-corrected chi connectivity index (χ1v) is 17.7. The van der Waals surface area contributed by atoms with Crippen LogP contribution in [0.2, 0.25) is 0 Å². The molecule has 2 aliphatic heterocycles. The van der Waals surface area contributed by atoms with E-state index in [1.165, 1.54) is 21.2 Å². The van der Waals surface area contributed by atoms with Gasteiger partial charge in [-0.25, -0.2) is 4.68 Å². The third-order valence-corrected chi connectivity index (χ3v) is 10.6.